The lowest BCUT2D eigenvalue weighted by atomic mass is 9.82. The predicted octanol–water partition coefficient (Wildman–Crippen LogP) is 4.88. The number of aliphatic hydroxyl groups is 1. The van der Waals surface area contributed by atoms with Crippen LogP contribution in [0.25, 0.3) is 0 Å². The number of ether oxygens (including phenoxy) is 2. The van der Waals surface area contributed by atoms with Crippen molar-refractivity contribution in [1.29, 1.82) is 0 Å². The molecule has 5 rings (SSSR count). The van der Waals surface area contributed by atoms with Gasteiger partial charge in [-0.05, 0) is 47.5 Å². The van der Waals surface area contributed by atoms with Crippen molar-refractivity contribution in [3.05, 3.63) is 99.0 Å². The first-order valence-electron chi connectivity index (χ1n) is 11.4. The van der Waals surface area contributed by atoms with Crippen LogP contribution >= 0.6 is 23.2 Å². The van der Waals surface area contributed by atoms with Crippen LogP contribution in [-0.2, 0) is 22.5 Å². The third kappa shape index (κ3) is 4.61. The molecule has 0 bridgehead atoms. The van der Waals surface area contributed by atoms with E-state index in [2.05, 4.69) is 5.32 Å². The summed E-state index contributed by atoms with van der Waals surface area (Å²) in [4.78, 5) is 18.6. The number of amides is 1. The van der Waals surface area contributed by atoms with E-state index in [4.69, 9.17) is 42.8 Å². The minimum absolute atomic E-state index is 0.0741. The van der Waals surface area contributed by atoms with E-state index in [1.54, 1.807) is 18.2 Å². The van der Waals surface area contributed by atoms with Gasteiger partial charge >= 0.3 is 0 Å². The summed E-state index contributed by atoms with van der Waals surface area (Å²) in [7, 11) is 0. The summed E-state index contributed by atoms with van der Waals surface area (Å²) < 4.78 is 12.0. The topological polar surface area (TPSA) is 80.2 Å². The largest absolute Gasteiger partial charge is 0.494 e. The summed E-state index contributed by atoms with van der Waals surface area (Å²) in [5.74, 6) is 0.815. The van der Waals surface area contributed by atoms with Crippen molar-refractivity contribution in [1.82, 2.24) is 5.32 Å². The molecule has 2 atom stereocenters. The summed E-state index contributed by atoms with van der Waals surface area (Å²) in [6.45, 7) is 0.917. The average Bonchev–Trinajstić information content (AvgIpc) is 3.17. The first-order valence-corrected chi connectivity index (χ1v) is 12.2. The lowest BCUT2D eigenvalue weighted by Gasteiger charge is -2.29. The third-order valence-corrected chi connectivity index (χ3v) is 6.86. The second-order valence-electron chi connectivity index (χ2n) is 8.58. The molecule has 0 radical (unpaired) electrons. The maximum absolute atomic E-state index is 13.6. The van der Waals surface area contributed by atoms with Gasteiger partial charge < -0.3 is 19.9 Å². The SMILES string of the molecule is O=C1NCc2ccccc2C[C@@]12N=C(c1ccc(OCCCO)cc1)O[C@H]2c1ccc(Cl)cc1Cl. The average molecular weight is 511 g/mol. The Labute approximate surface area is 213 Å². The highest BCUT2D eigenvalue weighted by Gasteiger charge is 2.54. The van der Waals surface area contributed by atoms with E-state index < -0.39 is 11.6 Å². The molecule has 0 fully saturated rings. The van der Waals surface area contributed by atoms with Crippen molar-refractivity contribution >= 4 is 35.0 Å². The van der Waals surface area contributed by atoms with E-state index in [1.807, 2.05) is 48.5 Å². The fraction of sp³-hybridized carbons (Fsp3) is 0.259. The minimum atomic E-state index is -1.24. The molecule has 0 saturated carbocycles. The molecule has 1 spiro atoms. The van der Waals surface area contributed by atoms with Crippen LogP contribution in [0.15, 0.2) is 71.7 Å². The lowest BCUT2D eigenvalue weighted by Crippen LogP contribution is -2.48. The standard InChI is InChI=1S/C27H24Cl2N2O4/c28-20-8-11-22(23(29)14-20)24-27(15-18-4-1-2-5-19(18)16-30-26(27)33)31-25(35-24)17-6-9-21(10-7-17)34-13-3-12-32/h1-2,4-11,14,24,32H,3,12-13,15-16H2,(H,30,33)/t24-,27-/m0/s1. The number of aliphatic imine (C=N–C) groups is 1. The number of nitrogens with zero attached hydrogens (tertiary/aromatic N) is 1. The smallest absolute Gasteiger partial charge is 0.252 e. The molecule has 2 N–H and O–H groups in total. The second kappa shape index (κ2) is 9.90. The number of fused-ring (bicyclic) bond motifs is 1. The number of rotatable bonds is 6. The van der Waals surface area contributed by atoms with Crippen LogP contribution < -0.4 is 10.1 Å². The highest BCUT2D eigenvalue weighted by molar-refractivity contribution is 6.35. The molecule has 0 unspecified atom stereocenters. The van der Waals surface area contributed by atoms with Gasteiger partial charge in [-0.3, -0.25) is 4.79 Å². The Kier molecular flexibility index (Phi) is 6.69. The number of carbonyl (C=O) groups excluding carboxylic acids is 1. The van der Waals surface area contributed by atoms with Gasteiger partial charge in [0.2, 0.25) is 5.90 Å². The van der Waals surface area contributed by atoms with Gasteiger partial charge in [0.15, 0.2) is 11.6 Å². The van der Waals surface area contributed by atoms with E-state index >= 15 is 0 Å². The van der Waals surface area contributed by atoms with E-state index in [9.17, 15) is 4.79 Å². The van der Waals surface area contributed by atoms with Crippen molar-refractivity contribution < 1.29 is 19.4 Å². The van der Waals surface area contributed by atoms with E-state index in [0.717, 1.165) is 16.7 Å². The molecule has 3 aromatic carbocycles. The van der Waals surface area contributed by atoms with Crippen LogP contribution in [0.4, 0.5) is 0 Å². The molecule has 2 aliphatic rings. The molecule has 0 aromatic heterocycles. The molecule has 2 aliphatic heterocycles. The maximum atomic E-state index is 13.6. The predicted molar refractivity (Wildman–Crippen MR) is 135 cm³/mol. The molecule has 0 aliphatic carbocycles. The quantitative estimate of drug-likeness (QED) is 0.463. The van der Waals surface area contributed by atoms with E-state index in [1.165, 1.54) is 0 Å². The van der Waals surface area contributed by atoms with Crippen molar-refractivity contribution in [3.63, 3.8) is 0 Å². The Hall–Kier alpha value is -3.06. The Balaban J connectivity index is 1.56. The Morgan fingerprint density at radius 3 is 2.60 bits per heavy atom. The second-order valence-corrected chi connectivity index (χ2v) is 9.43. The van der Waals surface area contributed by atoms with Gasteiger partial charge in [0.25, 0.3) is 5.91 Å². The van der Waals surface area contributed by atoms with Crippen LogP contribution in [0.5, 0.6) is 5.75 Å². The Bertz CT molecular complexity index is 1280. The molecule has 0 saturated heterocycles. The molecular weight excluding hydrogens is 487 g/mol. The first-order chi connectivity index (χ1) is 17.0. The Morgan fingerprint density at radius 2 is 1.86 bits per heavy atom. The summed E-state index contributed by atoms with van der Waals surface area (Å²) in [5, 5.41) is 12.9. The summed E-state index contributed by atoms with van der Waals surface area (Å²) in [5.41, 5.74) is 2.20. The number of halogens is 2. The highest BCUT2D eigenvalue weighted by atomic mass is 35.5. The summed E-state index contributed by atoms with van der Waals surface area (Å²) >= 11 is 12.7. The molecule has 2 heterocycles. The van der Waals surface area contributed by atoms with Gasteiger partial charge in [-0.1, -0.05) is 53.5 Å². The zero-order valence-corrected chi connectivity index (χ0v) is 20.4. The van der Waals surface area contributed by atoms with Crippen molar-refractivity contribution in [2.24, 2.45) is 4.99 Å². The summed E-state index contributed by atoms with van der Waals surface area (Å²) in [6, 6.07) is 20.4. The minimum Gasteiger partial charge on any atom is -0.494 e. The Morgan fingerprint density at radius 1 is 1.09 bits per heavy atom. The molecule has 3 aromatic rings. The van der Waals surface area contributed by atoms with Crippen molar-refractivity contribution in [3.8, 4) is 5.75 Å². The van der Waals surface area contributed by atoms with Gasteiger partial charge in [-0.2, -0.15) is 0 Å². The third-order valence-electron chi connectivity index (χ3n) is 6.29. The van der Waals surface area contributed by atoms with E-state index in [-0.39, 0.29) is 12.5 Å². The molecule has 180 valence electrons. The number of benzene rings is 3. The lowest BCUT2D eigenvalue weighted by molar-refractivity contribution is -0.128. The number of hydrogen-bond acceptors (Lipinski definition) is 5. The van der Waals surface area contributed by atoms with Crippen molar-refractivity contribution in [2.75, 3.05) is 13.2 Å². The van der Waals surface area contributed by atoms with Crippen LogP contribution in [0.1, 0.15) is 34.8 Å². The van der Waals surface area contributed by atoms with Crippen molar-refractivity contribution in [2.45, 2.75) is 31.0 Å². The van der Waals surface area contributed by atoms with Crippen LogP contribution in [0.2, 0.25) is 10.0 Å². The zero-order valence-electron chi connectivity index (χ0n) is 18.8. The van der Waals surface area contributed by atoms with Crippen LogP contribution in [0.3, 0.4) is 0 Å². The number of nitrogens with one attached hydrogen (secondary N) is 1. The number of carbonyl (C=O) groups is 1. The fourth-order valence-corrected chi connectivity index (χ4v) is 5.00. The zero-order chi connectivity index (χ0) is 24.4. The maximum Gasteiger partial charge on any atom is 0.252 e. The highest BCUT2D eigenvalue weighted by Crippen LogP contribution is 2.46. The van der Waals surface area contributed by atoms with Gasteiger partial charge in [-0.15, -0.1) is 0 Å². The summed E-state index contributed by atoms with van der Waals surface area (Å²) in [6.07, 6.45) is 0.180. The number of hydrogen-bond donors (Lipinski definition) is 2. The van der Waals surface area contributed by atoms with Crippen LogP contribution in [-0.4, -0.2) is 35.7 Å². The van der Waals surface area contributed by atoms with Gasteiger partial charge in [-0.25, -0.2) is 4.99 Å². The van der Waals surface area contributed by atoms with Gasteiger partial charge in [0.1, 0.15) is 5.75 Å². The van der Waals surface area contributed by atoms with Gasteiger partial charge in [0.05, 0.1) is 6.61 Å². The van der Waals surface area contributed by atoms with Gasteiger partial charge in [0, 0.05) is 47.2 Å². The van der Waals surface area contributed by atoms with E-state index in [0.29, 0.717) is 53.2 Å². The first kappa shape index (κ1) is 23.7. The molecule has 35 heavy (non-hydrogen) atoms. The normalized spacial score (nSPS) is 21.1. The number of aliphatic hydroxyl groups excluding tert-OH is 1. The monoisotopic (exact) mass is 510 g/mol. The molecule has 8 heteroatoms. The molecule has 6 nitrogen and oxygen atoms in total. The fourth-order valence-electron chi connectivity index (χ4n) is 4.49. The van der Waals surface area contributed by atoms with Crippen LogP contribution in [0, 0.1) is 0 Å². The molecule has 1 amide bonds. The molecular formula is C27H24Cl2N2O4.